The summed E-state index contributed by atoms with van der Waals surface area (Å²) in [5.41, 5.74) is -0.843. The molecule has 2 aromatic heterocycles. The van der Waals surface area contributed by atoms with Gasteiger partial charge in [-0.25, -0.2) is 22.2 Å². The third-order valence-electron chi connectivity index (χ3n) is 7.70. The van der Waals surface area contributed by atoms with Crippen LogP contribution in [0, 0.1) is 0 Å². The number of nitrogens with zero attached hydrogens (tertiary/aromatic N) is 5. The molecule has 5 rings (SSSR count). The average molecular weight is 537 g/mol. The number of hydrogen-bond acceptors (Lipinski definition) is 7. The lowest BCUT2D eigenvalue weighted by molar-refractivity contribution is 0.149. The van der Waals surface area contributed by atoms with E-state index in [1.165, 1.54) is 26.5 Å². The highest BCUT2D eigenvalue weighted by molar-refractivity contribution is 7.92. The molecule has 0 atom stereocenters. The van der Waals surface area contributed by atoms with Crippen LogP contribution in [0.4, 0.5) is 14.7 Å². The number of aromatic nitrogens is 3. The molecule has 12 heteroatoms. The number of sulfonamides is 1. The first-order valence-corrected chi connectivity index (χ1v) is 14.7. The highest BCUT2D eigenvalue weighted by atomic mass is 32.2. The van der Waals surface area contributed by atoms with Crippen LogP contribution in [0.3, 0.4) is 0 Å². The molecular formula is C25H34F2N6O3S. The number of fused-ring (bicyclic) bond motifs is 1. The van der Waals surface area contributed by atoms with E-state index in [0.717, 1.165) is 51.6 Å². The van der Waals surface area contributed by atoms with Gasteiger partial charge in [0.05, 0.1) is 5.56 Å². The number of alkyl halides is 2. The molecule has 0 aromatic carbocycles. The first-order chi connectivity index (χ1) is 17.8. The second-order valence-electron chi connectivity index (χ2n) is 10.2. The van der Waals surface area contributed by atoms with Gasteiger partial charge in [-0.05, 0) is 57.7 Å². The highest BCUT2D eigenvalue weighted by Gasteiger charge is 2.28. The molecule has 3 aliphatic rings. The van der Waals surface area contributed by atoms with E-state index >= 15 is 0 Å². The van der Waals surface area contributed by atoms with Crippen LogP contribution < -0.4 is 10.9 Å². The molecule has 9 nitrogen and oxygen atoms in total. The summed E-state index contributed by atoms with van der Waals surface area (Å²) >= 11 is 0. The van der Waals surface area contributed by atoms with E-state index in [9.17, 15) is 22.0 Å². The quantitative estimate of drug-likeness (QED) is 0.550. The molecule has 202 valence electrons. The van der Waals surface area contributed by atoms with Gasteiger partial charge in [0.2, 0.25) is 16.0 Å². The van der Waals surface area contributed by atoms with Gasteiger partial charge in [-0.1, -0.05) is 18.9 Å². The van der Waals surface area contributed by atoms with Crippen molar-refractivity contribution in [3.05, 3.63) is 39.7 Å². The first-order valence-electron chi connectivity index (χ1n) is 13.2. The summed E-state index contributed by atoms with van der Waals surface area (Å²) in [6.07, 6.45) is 7.25. The van der Waals surface area contributed by atoms with Crippen molar-refractivity contribution < 1.29 is 17.2 Å². The van der Waals surface area contributed by atoms with E-state index in [-0.39, 0.29) is 12.1 Å². The predicted octanol–water partition coefficient (Wildman–Crippen LogP) is 3.66. The minimum absolute atomic E-state index is 0.0375. The third kappa shape index (κ3) is 5.85. The Morgan fingerprint density at radius 2 is 1.76 bits per heavy atom. The van der Waals surface area contributed by atoms with E-state index in [0.29, 0.717) is 49.5 Å². The van der Waals surface area contributed by atoms with E-state index in [4.69, 9.17) is 0 Å². The van der Waals surface area contributed by atoms with Crippen molar-refractivity contribution in [2.24, 2.45) is 0 Å². The fourth-order valence-electron chi connectivity index (χ4n) is 5.67. The monoisotopic (exact) mass is 536 g/mol. The molecule has 37 heavy (non-hydrogen) atoms. The van der Waals surface area contributed by atoms with Crippen LogP contribution in [0.25, 0.3) is 11.0 Å². The van der Waals surface area contributed by atoms with Gasteiger partial charge in [0.15, 0.2) is 0 Å². The van der Waals surface area contributed by atoms with Crippen molar-refractivity contribution in [3.63, 3.8) is 0 Å². The topological polar surface area (TPSA) is 100 Å². The summed E-state index contributed by atoms with van der Waals surface area (Å²) in [4.78, 5) is 24.1. The summed E-state index contributed by atoms with van der Waals surface area (Å²) in [6.45, 7) is 3.45. The largest absolute Gasteiger partial charge is 0.351 e. The number of pyridine rings is 1. The molecule has 4 heterocycles. The Morgan fingerprint density at radius 3 is 2.43 bits per heavy atom. The van der Waals surface area contributed by atoms with Gasteiger partial charge in [-0.3, -0.25) is 14.3 Å². The van der Waals surface area contributed by atoms with Gasteiger partial charge >= 0.3 is 0 Å². The van der Waals surface area contributed by atoms with Crippen molar-refractivity contribution >= 4 is 27.0 Å². The SMILES string of the molecule is O=c1c(C(F)F)cc2cnc(NC3CCN(S(=O)(=O)/C=C/CN4CCCC4)CC3)nc2n1C1CCCC1. The summed E-state index contributed by atoms with van der Waals surface area (Å²) in [7, 11) is -3.46. The van der Waals surface area contributed by atoms with Gasteiger partial charge < -0.3 is 5.32 Å². The number of anilines is 1. The zero-order valence-electron chi connectivity index (χ0n) is 20.9. The van der Waals surface area contributed by atoms with Gasteiger partial charge in [0, 0.05) is 48.7 Å². The molecule has 0 bridgehead atoms. The van der Waals surface area contributed by atoms with Crippen LogP contribution in [-0.2, 0) is 10.0 Å². The Morgan fingerprint density at radius 1 is 1.05 bits per heavy atom. The number of halogens is 2. The molecule has 1 N–H and O–H groups in total. The maximum absolute atomic E-state index is 13.5. The smallest absolute Gasteiger partial charge is 0.269 e. The summed E-state index contributed by atoms with van der Waals surface area (Å²) in [5, 5.41) is 5.00. The zero-order chi connectivity index (χ0) is 26.0. The molecule has 2 saturated heterocycles. The van der Waals surface area contributed by atoms with Crippen LogP contribution in [0.5, 0.6) is 0 Å². The maximum Gasteiger partial charge on any atom is 0.269 e. The maximum atomic E-state index is 13.5. The molecule has 0 radical (unpaired) electrons. The Kier molecular flexibility index (Phi) is 7.87. The van der Waals surface area contributed by atoms with Gasteiger partial charge in [0.25, 0.3) is 12.0 Å². The number of rotatable bonds is 8. The molecule has 0 unspecified atom stereocenters. The fourth-order valence-corrected chi connectivity index (χ4v) is 6.89. The molecule has 1 saturated carbocycles. The first kappa shape index (κ1) is 26.2. The molecule has 1 aliphatic carbocycles. The Balaban J connectivity index is 1.27. The van der Waals surface area contributed by atoms with Crippen LogP contribution >= 0.6 is 0 Å². The van der Waals surface area contributed by atoms with Crippen LogP contribution in [0.2, 0.25) is 0 Å². The minimum Gasteiger partial charge on any atom is -0.351 e. The lowest BCUT2D eigenvalue weighted by Crippen LogP contribution is -2.41. The highest BCUT2D eigenvalue weighted by Crippen LogP contribution is 2.32. The van der Waals surface area contributed by atoms with Gasteiger partial charge in [0.1, 0.15) is 5.65 Å². The predicted molar refractivity (Wildman–Crippen MR) is 138 cm³/mol. The zero-order valence-corrected chi connectivity index (χ0v) is 21.7. The van der Waals surface area contributed by atoms with Crippen molar-refractivity contribution in [2.45, 2.75) is 69.9 Å². The number of likely N-dealkylation sites (tertiary alicyclic amines) is 1. The Labute approximate surface area is 215 Å². The second kappa shape index (κ2) is 11.1. The molecule has 2 aliphatic heterocycles. The van der Waals surface area contributed by atoms with Crippen LogP contribution in [0.1, 0.15) is 69.4 Å². The van der Waals surface area contributed by atoms with E-state index in [2.05, 4.69) is 20.2 Å². The van der Waals surface area contributed by atoms with Crippen LogP contribution in [0.15, 0.2) is 28.5 Å². The van der Waals surface area contributed by atoms with Crippen molar-refractivity contribution in [1.29, 1.82) is 0 Å². The second-order valence-corrected chi connectivity index (χ2v) is 12.0. The summed E-state index contributed by atoms with van der Waals surface area (Å²) < 4.78 is 55.5. The Hall–Kier alpha value is -2.44. The molecule has 0 amide bonds. The number of hydrogen-bond donors (Lipinski definition) is 1. The lowest BCUT2D eigenvalue weighted by Gasteiger charge is -2.30. The minimum atomic E-state index is -3.46. The van der Waals surface area contributed by atoms with Crippen molar-refractivity contribution in [1.82, 2.24) is 23.7 Å². The van der Waals surface area contributed by atoms with E-state index in [1.807, 2.05) is 0 Å². The summed E-state index contributed by atoms with van der Waals surface area (Å²) in [6, 6.07) is 1.01. The average Bonchev–Trinajstić information content (AvgIpc) is 3.59. The third-order valence-corrected chi connectivity index (χ3v) is 9.32. The van der Waals surface area contributed by atoms with E-state index < -0.39 is 27.6 Å². The van der Waals surface area contributed by atoms with Gasteiger partial charge in [-0.15, -0.1) is 0 Å². The van der Waals surface area contributed by atoms with E-state index in [1.54, 1.807) is 6.08 Å². The summed E-state index contributed by atoms with van der Waals surface area (Å²) in [5.74, 6) is 0.315. The molecule has 3 fully saturated rings. The Bertz CT molecular complexity index is 1300. The lowest BCUT2D eigenvalue weighted by atomic mass is 10.1. The normalized spacial score (nSPS) is 21.2. The number of nitrogens with one attached hydrogen (secondary N) is 1. The van der Waals surface area contributed by atoms with Crippen LogP contribution in [-0.4, -0.2) is 70.9 Å². The molecular weight excluding hydrogens is 502 g/mol. The molecule has 0 spiro atoms. The van der Waals surface area contributed by atoms with Crippen molar-refractivity contribution in [2.75, 3.05) is 38.0 Å². The van der Waals surface area contributed by atoms with Crippen molar-refractivity contribution in [3.8, 4) is 0 Å². The number of piperidine rings is 1. The molecule has 2 aromatic rings. The fraction of sp³-hybridized carbons (Fsp3) is 0.640. The van der Waals surface area contributed by atoms with Gasteiger partial charge in [-0.2, -0.15) is 9.29 Å². The standard InChI is InChI=1S/C25H34F2N6O3S/c26-22(27)21-16-18-17-28-25(30-23(18)33(24(21)34)20-6-1-2-7-20)29-19-8-13-32(14-9-19)37(35,36)15-5-12-31-10-3-4-11-31/h5,15-17,19-20,22H,1-4,6-14H2,(H,28,29,30)/b15-5+.